The summed E-state index contributed by atoms with van der Waals surface area (Å²) in [5.41, 5.74) is -0.777. The van der Waals surface area contributed by atoms with Crippen LogP contribution in [-0.4, -0.2) is 17.6 Å². The second-order valence-electron chi connectivity index (χ2n) is 4.98. The smallest absolute Gasteiger partial charge is 0.353 e. The van der Waals surface area contributed by atoms with Crippen LogP contribution in [0.2, 0.25) is 0 Å². The van der Waals surface area contributed by atoms with Gasteiger partial charge in [-0.2, -0.15) is 18.4 Å². The number of nitrogens with zero attached hydrogens (tertiary/aromatic N) is 3. The third-order valence-corrected chi connectivity index (χ3v) is 3.43. The fourth-order valence-corrected chi connectivity index (χ4v) is 2.00. The zero-order valence-electron chi connectivity index (χ0n) is 12.5. The lowest BCUT2D eigenvalue weighted by atomic mass is 10.1. The molecule has 1 aromatic heterocycles. The van der Waals surface area contributed by atoms with Crippen molar-refractivity contribution in [2.24, 2.45) is 0 Å². The maximum Gasteiger partial charge on any atom is 0.433 e. The molecule has 0 aliphatic carbocycles. The Kier molecular flexibility index (Phi) is 6.01. The van der Waals surface area contributed by atoms with Crippen molar-refractivity contribution < 1.29 is 13.2 Å². The summed E-state index contributed by atoms with van der Waals surface area (Å²) in [4.78, 5) is 5.52. The van der Waals surface area contributed by atoms with Crippen LogP contribution in [0.15, 0.2) is 12.1 Å². The Bertz CT molecular complexity index is 506. The largest absolute Gasteiger partial charge is 0.433 e. The van der Waals surface area contributed by atoms with Crippen molar-refractivity contribution in [2.45, 2.75) is 52.3 Å². The minimum Gasteiger partial charge on any atom is -0.353 e. The summed E-state index contributed by atoms with van der Waals surface area (Å²) in [5, 5.41) is 9.14. The Morgan fingerprint density at radius 1 is 1.33 bits per heavy atom. The number of hydrogen-bond acceptors (Lipinski definition) is 3. The van der Waals surface area contributed by atoms with Crippen LogP contribution in [0.25, 0.3) is 0 Å². The van der Waals surface area contributed by atoms with Gasteiger partial charge in [-0.1, -0.05) is 20.3 Å². The van der Waals surface area contributed by atoms with Gasteiger partial charge in [0.1, 0.15) is 17.6 Å². The predicted molar refractivity (Wildman–Crippen MR) is 76.0 cm³/mol. The Labute approximate surface area is 123 Å². The molecule has 0 fully saturated rings. The molecule has 21 heavy (non-hydrogen) atoms. The summed E-state index contributed by atoms with van der Waals surface area (Å²) in [6.45, 7) is 6.50. The van der Waals surface area contributed by atoms with Crippen molar-refractivity contribution in [3.8, 4) is 6.07 Å². The molecule has 0 N–H and O–H groups in total. The molecule has 0 aromatic carbocycles. The third kappa shape index (κ3) is 4.35. The lowest BCUT2D eigenvalue weighted by molar-refractivity contribution is -0.141. The van der Waals surface area contributed by atoms with E-state index in [1.807, 2.05) is 26.8 Å². The highest BCUT2D eigenvalue weighted by molar-refractivity contribution is 5.55. The highest BCUT2D eigenvalue weighted by Crippen LogP contribution is 2.31. The molecule has 0 aliphatic rings. The Balaban J connectivity index is 3.30. The molecule has 1 rings (SSSR count). The van der Waals surface area contributed by atoms with Gasteiger partial charge in [-0.3, -0.25) is 0 Å². The fraction of sp³-hybridized carbons (Fsp3) is 0.600. The fourth-order valence-electron chi connectivity index (χ4n) is 2.00. The van der Waals surface area contributed by atoms with Crippen molar-refractivity contribution in [1.82, 2.24) is 4.98 Å². The number of hydrogen-bond donors (Lipinski definition) is 0. The van der Waals surface area contributed by atoms with Gasteiger partial charge in [0.15, 0.2) is 0 Å². The van der Waals surface area contributed by atoms with E-state index in [0.29, 0.717) is 6.54 Å². The van der Waals surface area contributed by atoms with Crippen LogP contribution in [0, 0.1) is 11.3 Å². The molecule has 1 aromatic rings. The van der Waals surface area contributed by atoms with E-state index in [4.69, 9.17) is 5.26 Å². The topological polar surface area (TPSA) is 39.9 Å². The molecule has 0 amide bonds. The molecular formula is C15H20F3N3. The van der Waals surface area contributed by atoms with E-state index in [2.05, 4.69) is 4.98 Å². The summed E-state index contributed by atoms with van der Waals surface area (Å²) in [6.07, 6.45) is -1.97. The van der Waals surface area contributed by atoms with Crippen LogP contribution < -0.4 is 4.90 Å². The third-order valence-electron chi connectivity index (χ3n) is 3.43. The highest BCUT2D eigenvalue weighted by atomic mass is 19.4. The van der Waals surface area contributed by atoms with Crippen LogP contribution in [0.1, 0.15) is 51.3 Å². The number of nitriles is 1. The maximum atomic E-state index is 12.8. The van der Waals surface area contributed by atoms with Crippen molar-refractivity contribution in [3.63, 3.8) is 0 Å². The van der Waals surface area contributed by atoms with Crippen molar-refractivity contribution in [2.75, 3.05) is 11.4 Å². The average Bonchev–Trinajstić information content (AvgIpc) is 2.46. The summed E-state index contributed by atoms with van der Waals surface area (Å²) in [7, 11) is 0. The van der Waals surface area contributed by atoms with Gasteiger partial charge in [0, 0.05) is 12.6 Å². The van der Waals surface area contributed by atoms with Gasteiger partial charge in [-0.15, -0.1) is 0 Å². The van der Waals surface area contributed by atoms with Crippen LogP contribution in [0.3, 0.4) is 0 Å². The minimum absolute atomic E-state index is 0.0274. The van der Waals surface area contributed by atoms with Gasteiger partial charge < -0.3 is 4.90 Å². The molecule has 3 nitrogen and oxygen atoms in total. The predicted octanol–water partition coefficient (Wildman–Crippen LogP) is 4.38. The number of pyridine rings is 1. The number of halogens is 3. The highest BCUT2D eigenvalue weighted by Gasteiger charge is 2.34. The van der Waals surface area contributed by atoms with E-state index in [0.717, 1.165) is 25.3 Å². The zero-order valence-corrected chi connectivity index (χ0v) is 12.5. The van der Waals surface area contributed by atoms with E-state index in [-0.39, 0.29) is 17.4 Å². The van der Waals surface area contributed by atoms with Crippen LogP contribution >= 0.6 is 0 Å². The summed E-state index contributed by atoms with van der Waals surface area (Å²) in [5.74, 6) is 0.134. The molecule has 1 atom stereocenters. The SMILES string of the molecule is CCCCN(c1nc(C(F)(F)F)ccc1C#N)C(C)CC. The van der Waals surface area contributed by atoms with Gasteiger partial charge in [0.25, 0.3) is 0 Å². The summed E-state index contributed by atoms with van der Waals surface area (Å²) in [6, 6.07) is 4.02. The summed E-state index contributed by atoms with van der Waals surface area (Å²) >= 11 is 0. The van der Waals surface area contributed by atoms with E-state index in [1.54, 1.807) is 4.90 Å². The van der Waals surface area contributed by atoms with Crippen molar-refractivity contribution >= 4 is 5.82 Å². The number of aromatic nitrogens is 1. The number of anilines is 1. The molecule has 0 radical (unpaired) electrons. The van der Waals surface area contributed by atoms with Crippen LogP contribution in [-0.2, 0) is 6.18 Å². The maximum absolute atomic E-state index is 12.8. The molecule has 1 heterocycles. The Morgan fingerprint density at radius 3 is 2.48 bits per heavy atom. The normalized spacial score (nSPS) is 12.8. The first-order valence-corrected chi connectivity index (χ1v) is 7.10. The lowest BCUT2D eigenvalue weighted by Gasteiger charge is -2.30. The molecule has 116 valence electrons. The van der Waals surface area contributed by atoms with Crippen molar-refractivity contribution in [1.29, 1.82) is 5.26 Å². The van der Waals surface area contributed by atoms with Gasteiger partial charge >= 0.3 is 6.18 Å². The van der Waals surface area contributed by atoms with E-state index < -0.39 is 11.9 Å². The molecule has 0 saturated heterocycles. The first-order chi connectivity index (χ1) is 9.85. The van der Waals surface area contributed by atoms with Gasteiger partial charge in [0.05, 0.1) is 5.56 Å². The molecule has 0 aliphatic heterocycles. The second kappa shape index (κ2) is 7.30. The van der Waals surface area contributed by atoms with Gasteiger partial charge in [-0.25, -0.2) is 4.98 Å². The Morgan fingerprint density at radius 2 is 2.00 bits per heavy atom. The number of alkyl halides is 3. The molecule has 0 spiro atoms. The average molecular weight is 299 g/mol. The zero-order chi connectivity index (χ0) is 16.0. The van der Waals surface area contributed by atoms with Crippen LogP contribution in [0.4, 0.5) is 19.0 Å². The molecule has 0 saturated carbocycles. The van der Waals surface area contributed by atoms with Crippen LogP contribution in [0.5, 0.6) is 0 Å². The molecular weight excluding hydrogens is 279 g/mol. The van der Waals surface area contributed by atoms with Crippen molar-refractivity contribution in [3.05, 3.63) is 23.4 Å². The molecule has 6 heteroatoms. The van der Waals surface area contributed by atoms with Gasteiger partial charge in [0.2, 0.25) is 0 Å². The first kappa shape index (κ1) is 17.3. The standard InChI is InChI=1S/C15H20F3N3/c1-4-6-9-21(11(3)5-2)14-12(10-19)7-8-13(20-14)15(16,17)18/h7-8,11H,4-6,9H2,1-3H3. The number of unbranched alkanes of at least 4 members (excludes halogenated alkanes) is 1. The summed E-state index contributed by atoms with van der Waals surface area (Å²) < 4.78 is 38.5. The lowest BCUT2D eigenvalue weighted by Crippen LogP contribution is -2.35. The monoisotopic (exact) mass is 299 g/mol. The molecule has 1 unspecified atom stereocenters. The molecule has 0 bridgehead atoms. The van der Waals surface area contributed by atoms with Gasteiger partial charge in [-0.05, 0) is 31.9 Å². The number of rotatable bonds is 6. The second-order valence-corrected chi connectivity index (χ2v) is 4.98. The van der Waals surface area contributed by atoms with E-state index in [9.17, 15) is 13.2 Å². The van der Waals surface area contributed by atoms with E-state index >= 15 is 0 Å². The first-order valence-electron chi connectivity index (χ1n) is 7.10. The Hall–Kier alpha value is -1.77. The quantitative estimate of drug-likeness (QED) is 0.782. The minimum atomic E-state index is -4.51. The van der Waals surface area contributed by atoms with E-state index in [1.165, 1.54) is 6.07 Å².